The summed E-state index contributed by atoms with van der Waals surface area (Å²) < 4.78 is 1.68. The van der Waals surface area contributed by atoms with Crippen molar-refractivity contribution in [2.24, 2.45) is 5.73 Å². The standard InChI is InChI=1S/C9H11N3O2/c1-6-2-3-12-5-11-8(7(12)4-6)9(10,13)14/h2-5,13-14H,10H2,1H3. The fourth-order valence-electron chi connectivity index (χ4n) is 1.38. The third kappa shape index (κ3) is 1.37. The summed E-state index contributed by atoms with van der Waals surface area (Å²) in [4.78, 5) is 3.85. The fraction of sp³-hybridized carbons (Fsp3) is 0.222. The number of imidazole rings is 1. The molecule has 0 unspecified atom stereocenters. The maximum absolute atomic E-state index is 9.22. The maximum atomic E-state index is 9.22. The summed E-state index contributed by atoms with van der Waals surface area (Å²) in [5.74, 6) is -2.39. The van der Waals surface area contributed by atoms with Crippen molar-refractivity contribution in [1.29, 1.82) is 0 Å². The lowest BCUT2D eigenvalue weighted by Crippen LogP contribution is -2.36. The number of pyridine rings is 1. The van der Waals surface area contributed by atoms with Crippen LogP contribution in [0, 0.1) is 6.92 Å². The molecule has 2 aromatic heterocycles. The number of fused-ring (bicyclic) bond motifs is 1. The molecular weight excluding hydrogens is 182 g/mol. The van der Waals surface area contributed by atoms with Crippen LogP contribution in [0.15, 0.2) is 24.7 Å². The van der Waals surface area contributed by atoms with E-state index in [-0.39, 0.29) is 5.69 Å². The molecule has 0 fully saturated rings. The van der Waals surface area contributed by atoms with Gasteiger partial charge in [0.25, 0.3) is 5.91 Å². The van der Waals surface area contributed by atoms with E-state index in [0.717, 1.165) is 5.56 Å². The van der Waals surface area contributed by atoms with E-state index >= 15 is 0 Å². The Kier molecular flexibility index (Phi) is 1.81. The number of hydrogen-bond acceptors (Lipinski definition) is 4. The molecule has 74 valence electrons. The number of nitrogens with two attached hydrogens (primary N) is 1. The van der Waals surface area contributed by atoms with Crippen molar-refractivity contribution in [1.82, 2.24) is 9.38 Å². The van der Waals surface area contributed by atoms with Gasteiger partial charge in [-0.15, -0.1) is 0 Å². The Hall–Kier alpha value is -1.43. The molecule has 0 amide bonds. The molecule has 0 saturated heterocycles. The van der Waals surface area contributed by atoms with Crippen LogP contribution in [0.1, 0.15) is 11.3 Å². The predicted molar refractivity (Wildman–Crippen MR) is 50.2 cm³/mol. The Morgan fingerprint density at radius 3 is 2.86 bits per heavy atom. The zero-order chi connectivity index (χ0) is 10.3. The number of hydrogen-bond donors (Lipinski definition) is 3. The van der Waals surface area contributed by atoms with E-state index in [4.69, 9.17) is 5.73 Å². The van der Waals surface area contributed by atoms with E-state index in [1.54, 1.807) is 16.7 Å². The van der Waals surface area contributed by atoms with Crippen molar-refractivity contribution in [2.75, 3.05) is 0 Å². The zero-order valence-corrected chi connectivity index (χ0v) is 7.68. The molecule has 0 bridgehead atoms. The lowest BCUT2D eigenvalue weighted by molar-refractivity contribution is -0.165. The van der Waals surface area contributed by atoms with Gasteiger partial charge < -0.3 is 14.6 Å². The van der Waals surface area contributed by atoms with Crippen LogP contribution in [0.3, 0.4) is 0 Å². The fourth-order valence-corrected chi connectivity index (χ4v) is 1.38. The summed E-state index contributed by atoms with van der Waals surface area (Å²) in [6.45, 7) is 1.91. The van der Waals surface area contributed by atoms with E-state index in [1.807, 2.05) is 13.0 Å². The average molecular weight is 193 g/mol. The lowest BCUT2D eigenvalue weighted by Gasteiger charge is -2.12. The van der Waals surface area contributed by atoms with Crippen LogP contribution in [-0.4, -0.2) is 19.6 Å². The Morgan fingerprint density at radius 2 is 2.21 bits per heavy atom. The smallest absolute Gasteiger partial charge is 0.268 e. The van der Waals surface area contributed by atoms with Gasteiger partial charge in [0.15, 0.2) is 0 Å². The summed E-state index contributed by atoms with van der Waals surface area (Å²) in [5.41, 5.74) is 6.81. The molecule has 0 aliphatic carbocycles. The van der Waals surface area contributed by atoms with Crippen molar-refractivity contribution >= 4 is 5.52 Å². The Balaban J connectivity index is 2.73. The minimum absolute atomic E-state index is 0.0567. The quantitative estimate of drug-likeness (QED) is 0.543. The van der Waals surface area contributed by atoms with E-state index < -0.39 is 5.91 Å². The maximum Gasteiger partial charge on any atom is 0.268 e. The van der Waals surface area contributed by atoms with E-state index in [9.17, 15) is 10.2 Å². The number of aliphatic hydroxyl groups is 2. The van der Waals surface area contributed by atoms with Gasteiger partial charge in [0.05, 0.1) is 11.8 Å². The third-order valence-electron chi connectivity index (χ3n) is 2.04. The summed E-state index contributed by atoms with van der Waals surface area (Å²) >= 11 is 0. The first-order chi connectivity index (χ1) is 6.48. The van der Waals surface area contributed by atoms with Gasteiger partial charge in [0, 0.05) is 6.20 Å². The van der Waals surface area contributed by atoms with Crippen molar-refractivity contribution in [3.05, 3.63) is 35.9 Å². The van der Waals surface area contributed by atoms with Gasteiger partial charge in [-0.3, -0.25) is 5.73 Å². The molecule has 2 rings (SSSR count). The van der Waals surface area contributed by atoms with Crippen molar-refractivity contribution in [3.8, 4) is 0 Å². The summed E-state index contributed by atoms with van der Waals surface area (Å²) in [7, 11) is 0. The average Bonchev–Trinajstić information content (AvgIpc) is 2.45. The molecule has 2 aromatic rings. The first-order valence-corrected chi connectivity index (χ1v) is 4.16. The molecule has 14 heavy (non-hydrogen) atoms. The number of rotatable bonds is 1. The number of aromatic nitrogens is 2. The molecule has 5 heteroatoms. The van der Waals surface area contributed by atoms with E-state index in [1.165, 1.54) is 6.33 Å². The molecular formula is C9H11N3O2. The normalized spacial score (nSPS) is 12.3. The van der Waals surface area contributed by atoms with Gasteiger partial charge in [-0.1, -0.05) is 0 Å². The van der Waals surface area contributed by atoms with Crippen molar-refractivity contribution in [3.63, 3.8) is 0 Å². The molecule has 0 spiro atoms. The SMILES string of the molecule is Cc1ccn2cnc(C(N)(O)O)c2c1. The zero-order valence-electron chi connectivity index (χ0n) is 7.68. The first-order valence-electron chi connectivity index (χ1n) is 4.16. The van der Waals surface area contributed by atoms with Crippen LogP contribution < -0.4 is 5.73 Å². The topological polar surface area (TPSA) is 83.8 Å². The van der Waals surface area contributed by atoms with Crippen LogP contribution in [0.5, 0.6) is 0 Å². The lowest BCUT2D eigenvalue weighted by atomic mass is 10.2. The summed E-state index contributed by atoms with van der Waals surface area (Å²) in [6.07, 6.45) is 3.27. The molecule has 0 atom stereocenters. The highest BCUT2D eigenvalue weighted by molar-refractivity contribution is 5.54. The van der Waals surface area contributed by atoms with E-state index in [2.05, 4.69) is 4.98 Å². The number of aryl methyl sites for hydroxylation is 1. The molecule has 0 saturated carbocycles. The van der Waals surface area contributed by atoms with Crippen LogP contribution >= 0.6 is 0 Å². The van der Waals surface area contributed by atoms with Crippen molar-refractivity contribution in [2.45, 2.75) is 12.8 Å². The minimum Gasteiger partial charge on any atom is -0.349 e. The monoisotopic (exact) mass is 193 g/mol. The Labute approximate surface area is 80.4 Å². The summed E-state index contributed by atoms with van der Waals surface area (Å²) in [6, 6.07) is 3.68. The van der Waals surface area contributed by atoms with E-state index in [0.29, 0.717) is 5.52 Å². The second kappa shape index (κ2) is 2.78. The molecule has 2 heterocycles. The predicted octanol–water partition coefficient (Wildman–Crippen LogP) is -0.304. The minimum atomic E-state index is -2.39. The molecule has 0 aliphatic heterocycles. The highest BCUT2D eigenvalue weighted by atomic mass is 16.5. The van der Waals surface area contributed by atoms with Crippen LogP contribution in [0.4, 0.5) is 0 Å². The van der Waals surface area contributed by atoms with Gasteiger partial charge in [0.2, 0.25) is 0 Å². The van der Waals surface area contributed by atoms with Crippen LogP contribution in [0.25, 0.3) is 5.52 Å². The van der Waals surface area contributed by atoms with Gasteiger partial charge in [-0.2, -0.15) is 0 Å². The third-order valence-corrected chi connectivity index (χ3v) is 2.04. The highest BCUT2D eigenvalue weighted by Crippen LogP contribution is 2.17. The molecule has 0 radical (unpaired) electrons. The molecule has 0 aliphatic rings. The van der Waals surface area contributed by atoms with Crippen molar-refractivity contribution < 1.29 is 10.2 Å². The number of nitrogens with zero attached hydrogens (tertiary/aromatic N) is 2. The first kappa shape index (κ1) is 9.14. The molecule has 5 nitrogen and oxygen atoms in total. The Bertz CT molecular complexity index is 470. The molecule has 0 aromatic carbocycles. The van der Waals surface area contributed by atoms with Crippen LogP contribution in [0.2, 0.25) is 0 Å². The second-order valence-corrected chi connectivity index (χ2v) is 3.32. The van der Waals surface area contributed by atoms with Crippen LogP contribution in [-0.2, 0) is 5.91 Å². The highest BCUT2D eigenvalue weighted by Gasteiger charge is 2.25. The van der Waals surface area contributed by atoms with Gasteiger partial charge in [-0.05, 0) is 24.6 Å². The summed E-state index contributed by atoms with van der Waals surface area (Å²) in [5, 5.41) is 18.4. The Morgan fingerprint density at radius 1 is 1.50 bits per heavy atom. The second-order valence-electron chi connectivity index (χ2n) is 3.32. The van der Waals surface area contributed by atoms with Gasteiger partial charge in [-0.25, -0.2) is 4.98 Å². The van der Waals surface area contributed by atoms with Gasteiger partial charge >= 0.3 is 0 Å². The largest absolute Gasteiger partial charge is 0.349 e. The molecule has 4 N–H and O–H groups in total. The van der Waals surface area contributed by atoms with Gasteiger partial charge in [0.1, 0.15) is 5.69 Å².